The van der Waals surface area contributed by atoms with Gasteiger partial charge in [-0.05, 0) is 38.8 Å². The van der Waals surface area contributed by atoms with E-state index in [0.717, 1.165) is 19.4 Å². The number of nitrogens with two attached hydrogens (primary N) is 1. The molecule has 0 atom stereocenters. The number of rotatable bonds is 3. The Labute approximate surface area is 92.1 Å². The summed E-state index contributed by atoms with van der Waals surface area (Å²) in [6.07, 6.45) is 2.28. The van der Waals surface area contributed by atoms with E-state index in [2.05, 4.69) is 43.0 Å². The largest absolute Gasteiger partial charge is 0.369 e. The van der Waals surface area contributed by atoms with Crippen molar-refractivity contribution in [1.29, 1.82) is 0 Å². The zero-order valence-electron chi connectivity index (χ0n) is 9.61. The minimum absolute atomic E-state index is 0.425. The van der Waals surface area contributed by atoms with Gasteiger partial charge in [0.2, 0.25) is 0 Å². The van der Waals surface area contributed by atoms with E-state index in [1.807, 2.05) is 0 Å². The molecule has 0 amide bonds. The van der Waals surface area contributed by atoms with Crippen molar-refractivity contribution in [3.8, 4) is 0 Å². The van der Waals surface area contributed by atoms with Crippen LogP contribution in [0.15, 0.2) is 24.3 Å². The molecule has 1 saturated carbocycles. The lowest BCUT2D eigenvalue weighted by molar-refractivity contribution is 0.332. The van der Waals surface area contributed by atoms with E-state index < -0.39 is 0 Å². The van der Waals surface area contributed by atoms with Crippen molar-refractivity contribution in [3.63, 3.8) is 0 Å². The number of hydrogen-bond acceptors (Lipinski definition) is 2. The van der Waals surface area contributed by atoms with Crippen molar-refractivity contribution >= 4 is 5.69 Å². The third-order valence-electron chi connectivity index (χ3n) is 3.30. The number of anilines is 1. The van der Waals surface area contributed by atoms with E-state index in [4.69, 9.17) is 5.73 Å². The first-order chi connectivity index (χ1) is 7.20. The molecule has 1 fully saturated rings. The van der Waals surface area contributed by atoms with E-state index in [9.17, 15) is 0 Å². The van der Waals surface area contributed by atoms with Crippen LogP contribution in [0.4, 0.5) is 5.69 Å². The lowest BCUT2D eigenvalue weighted by Gasteiger charge is -2.42. The predicted molar refractivity (Wildman–Crippen MR) is 65.2 cm³/mol. The Bertz CT molecular complexity index is 312. The van der Waals surface area contributed by atoms with Gasteiger partial charge in [-0.1, -0.05) is 17.7 Å². The highest BCUT2D eigenvalue weighted by Gasteiger charge is 2.30. The maximum atomic E-state index is 5.84. The summed E-state index contributed by atoms with van der Waals surface area (Å²) >= 11 is 0. The van der Waals surface area contributed by atoms with Gasteiger partial charge in [0.05, 0.1) is 0 Å². The zero-order valence-corrected chi connectivity index (χ0v) is 9.61. The molecule has 0 heterocycles. The lowest BCUT2D eigenvalue weighted by atomic mass is 9.86. The Balaban J connectivity index is 2.09. The average Bonchev–Trinajstić information content (AvgIpc) is 2.19. The first-order valence-electron chi connectivity index (χ1n) is 5.79. The second-order valence-electron chi connectivity index (χ2n) is 4.51. The fraction of sp³-hybridized carbons (Fsp3) is 0.538. The molecule has 15 heavy (non-hydrogen) atoms. The van der Waals surface area contributed by atoms with Gasteiger partial charge in [-0.2, -0.15) is 0 Å². The topological polar surface area (TPSA) is 29.3 Å². The summed E-state index contributed by atoms with van der Waals surface area (Å²) in [7, 11) is 0. The van der Waals surface area contributed by atoms with Crippen LogP contribution < -0.4 is 10.6 Å². The minimum Gasteiger partial charge on any atom is -0.369 e. The second-order valence-corrected chi connectivity index (χ2v) is 4.51. The first kappa shape index (κ1) is 10.5. The molecule has 2 rings (SSSR count). The minimum atomic E-state index is 0.425. The average molecular weight is 204 g/mol. The molecule has 2 N–H and O–H groups in total. The number of hydrogen-bond donors (Lipinski definition) is 1. The van der Waals surface area contributed by atoms with E-state index in [-0.39, 0.29) is 0 Å². The molecule has 82 valence electrons. The van der Waals surface area contributed by atoms with Crippen molar-refractivity contribution in [1.82, 2.24) is 0 Å². The Kier molecular flexibility index (Phi) is 2.96. The Hall–Kier alpha value is -1.02. The van der Waals surface area contributed by atoms with Gasteiger partial charge >= 0.3 is 0 Å². The fourth-order valence-electron chi connectivity index (χ4n) is 2.27. The number of nitrogens with zero attached hydrogens (tertiary/aromatic N) is 1. The quantitative estimate of drug-likeness (QED) is 0.818. The molecule has 2 heteroatoms. The molecule has 1 aromatic carbocycles. The molecule has 1 aliphatic rings. The van der Waals surface area contributed by atoms with Crippen LogP contribution in [-0.4, -0.2) is 18.6 Å². The molecule has 0 aliphatic heterocycles. The molecule has 0 unspecified atom stereocenters. The van der Waals surface area contributed by atoms with Crippen molar-refractivity contribution in [2.75, 3.05) is 11.4 Å². The van der Waals surface area contributed by atoms with E-state index in [1.165, 1.54) is 11.3 Å². The summed E-state index contributed by atoms with van der Waals surface area (Å²) in [5.74, 6) is 0. The normalized spacial score (nSPS) is 24.7. The molecular weight excluding hydrogens is 184 g/mol. The van der Waals surface area contributed by atoms with Crippen LogP contribution in [0.2, 0.25) is 0 Å². The Morgan fingerprint density at radius 1 is 1.27 bits per heavy atom. The highest BCUT2D eigenvalue weighted by Crippen LogP contribution is 2.28. The van der Waals surface area contributed by atoms with Crippen molar-refractivity contribution in [2.45, 2.75) is 38.8 Å². The highest BCUT2D eigenvalue weighted by atomic mass is 15.2. The van der Waals surface area contributed by atoms with Crippen molar-refractivity contribution in [3.05, 3.63) is 29.8 Å². The van der Waals surface area contributed by atoms with Crippen LogP contribution >= 0.6 is 0 Å². The monoisotopic (exact) mass is 204 g/mol. The van der Waals surface area contributed by atoms with E-state index in [0.29, 0.717) is 12.1 Å². The van der Waals surface area contributed by atoms with Crippen LogP contribution in [0.1, 0.15) is 25.3 Å². The van der Waals surface area contributed by atoms with Crippen LogP contribution in [0.25, 0.3) is 0 Å². The molecule has 1 aromatic rings. The summed E-state index contributed by atoms with van der Waals surface area (Å²) in [6.45, 7) is 5.41. The van der Waals surface area contributed by atoms with Gasteiger partial charge in [0.1, 0.15) is 0 Å². The lowest BCUT2D eigenvalue weighted by Crippen LogP contribution is -2.50. The van der Waals surface area contributed by atoms with Gasteiger partial charge in [-0.3, -0.25) is 0 Å². The number of aryl methyl sites for hydroxylation is 1. The molecule has 1 aliphatic carbocycles. The van der Waals surface area contributed by atoms with Crippen LogP contribution in [-0.2, 0) is 0 Å². The summed E-state index contributed by atoms with van der Waals surface area (Å²) in [4.78, 5) is 2.46. The SMILES string of the molecule is CCN(c1ccc(C)cc1)C1CC(N)C1. The highest BCUT2D eigenvalue weighted by molar-refractivity contribution is 5.49. The smallest absolute Gasteiger partial charge is 0.0368 e. The molecule has 0 bridgehead atoms. The standard InChI is InChI=1S/C13H20N2/c1-3-15(13-8-11(14)9-13)12-6-4-10(2)5-7-12/h4-7,11,13H,3,8-9,14H2,1-2H3. The summed E-state index contributed by atoms with van der Waals surface area (Å²) in [5, 5.41) is 0. The van der Waals surface area contributed by atoms with Gasteiger partial charge < -0.3 is 10.6 Å². The molecule has 2 nitrogen and oxygen atoms in total. The maximum absolute atomic E-state index is 5.84. The Morgan fingerprint density at radius 3 is 2.33 bits per heavy atom. The summed E-state index contributed by atoms with van der Waals surface area (Å²) in [6, 6.07) is 9.86. The first-order valence-corrected chi connectivity index (χ1v) is 5.79. The third-order valence-corrected chi connectivity index (χ3v) is 3.30. The number of benzene rings is 1. The van der Waals surface area contributed by atoms with Gasteiger partial charge in [0.15, 0.2) is 0 Å². The van der Waals surface area contributed by atoms with Crippen molar-refractivity contribution < 1.29 is 0 Å². The van der Waals surface area contributed by atoms with Gasteiger partial charge in [-0.25, -0.2) is 0 Å². The third kappa shape index (κ3) is 2.15. The Morgan fingerprint density at radius 2 is 1.87 bits per heavy atom. The van der Waals surface area contributed by atoms with Crippen LogP contribution in [0.5, 0.6) is 0 Å². The van der Waals surface area contributed by atoms with Gasteiger partial charge in [0.25, 0.3) is 0 Å². The predicted octanol–water partition coefficient (Wildman–Crippen LogP) is 2.31. The second kappa shape index (κ2) is 4.23. The van der Waals surface area contributed by atoms with Crippen molar-refractivity contribution in [2.24, 2.45) is 5.73 Å². The molecule has 0 radical (unpaired) electrons. The molecule has 0 spiro atoms. The zero-order chi connectivity index (χ0) is 10.8. The van der Waals surface area contributed by atoms with Gasteiger partial charge in [-0.15, -0.1) is 0 Å². The van der Waals surface area contributed by atoms with E-state index in [1.54, 1.807) is 0 Å². The molecular formula is C13H20N2. The van der Waals surface area contributed by atoms with Crippen LogP contribution in [0, 0.1) is 6.92 Å². The van der Waals surface area contributed by atoms with E-state index >= 15 is 0 Å². The van der Waals surface area contributed by atoms with Crippen LogP contribution in [0.3, 0.4) is 0 Å². The summed E-state index contributed by atoms with van der Waals surface area (Å²) in [5.41, 5.74) is 8.49. The maximum Gasteiger partial charge on any atom is 0.0368 e. The van der Waals surface area contributed by atoms with Gasteiger partial charge in [0, 0.05) is 24.3 Å². The summed E-state index contributed by atoms with van der Waals surface area (Å²) < 4.78 is 0. The molecule has 0 aromatic heterocycles. The molecule has 0 saturated heterocycles. The fourth-order valence-corrected chi connectivity index (χ4v) is 2.27.